The molecule has 10 heteroatoms. The number of methoxy groups -OCH3 is 1. The summed E-state index contributed by atoms with van der Waals surface area (Å²) >= 11 is 11.8. The van der Waals surface area contributed by atoms with E-state index in [1.54, 1.807) is 36.4 Å². The van der Waals surface area contributed by atoms with Crippen LogP contribution >= 0.6 is 23.2 Å². The first-order valence-electron chi connectivity index (χ1n) is 8.91. The Morgan fingerprint density at radius 2 is 1.71 bits per heavy atom. The van der Waals surface area contributed by atoms with Gasteiger partial charge in [-0.3, -0.25) is 9.52 Å². The van der Waals surface area contributed by atoms with Crippen LogP contribution in [-0.2, 0) is 14.8 Å². The van der Waals surface area contributed by atoms with Crippen molar-refractivity contribution in [2.24, 2.45) is 0 Å². The van der Waals surface area contributed by atoms with Crippen LogP contribution in [-0.4, -0.2) is 28.0 Å². The third kappa shape index (κ3) is 6.27. The highest BCUT2D eigenvalue weighted by Gasteiger charge is 2.15. The molecule has 0 unspecified atom stereocenters. The zero-order valence-corrected chi connectivity index (χ0v) is 18.6. The highest BCUT2D eigenvalue weighted by Crippen LogP contribution is 2.25. The van der Waals surface area contributed by atoms with Crippen LogP contribution in [0, 0.1) is 0 Å². The monoisotopic (exact) mass is 480 g/mol. The molecule has 0 fully saturated rings. The topological polar surface area (TPSA) is 93.7 Å². The first kappa shape index (κ1) is 22.7. The van der Waals surface area contributed by atoms with E-state index in [2.05, 4.69) is 10.0 Å². The molecule has 1 amide bonds. The zero-order valence-electron chi connectivity index (χ0n) is 16.3. The van der Waals surface area contributed by atoms with Gasteiger partial charge in [-0.1, -0.05) is 29.3 Å². The van der Waals surface area contributed by atoms with Gasteiger partial charge in [0.1, 0.15) is 11.5 Å². The minimum absolute atomic E-state index is 0.0417. The van der Waals surface area contributed by atoms with Crippen LogP contribution in [0.1, 0.15) is 0 Å². The Bertz CT molecular complexity index is 1180. The summed E-state index contributed by atoms with van der Waals surface area (Å²) in [7, 11) is -2.30. The average molecular weight is 481 g/mol. The molecule has 0 aliphatic heterocycles. The Labute approximate surface area is 189 Å². The van der Waals surface area contributed by atoms with Crippen molar-refractivity contribution in [2.75, 3.05) is 23.8 Å². The highest BCUT2D eigenvalue weighted by molar-refractivity contribution is 7.92. The predicted octanol–water partition coefficient (Wildman–Crippen LogP) is 4.82. The smallest absolute Gasteiger partial charge is 0.262 e. The molecule has 0 aliphatic rings. The lowest BCUT2D eigenvalue weighted by atomic mass is 10.3. The number of carbonyl (C=O) groups excluding carboxylic acids is 1. The lowest BCUT2D eigenvalue weighted by Crippen LogP contribution is -2.20. The molecule has 3 aromatic rings. The van der Waals surface area contributed by atoms with Crippen molar-refractivity contribution in [3.05, 3.63) is 76.8 Å². The van der Waals surface area contributed by atoms with Gasteiger partial charge >= 0.3 is 0 Å². The van der Waals surface area contributed by atoms with Gasteiger partial charge in [-0.25, -0.2) is 8.42 Å². The number of amides is 1. The average Bonchev–Trinajstić information content (AvgIpc) is 2.74. The van der Waals surface area contributed by atoms with Gasteiger partial charge in [0.25, 0.3) is 15.9 Å². The van der Waals surface area contributed by atoms with Crippen LogP contribution in [0.25, 0.3) is 0 Å². The Morgan fingerprint density at radius 3 is 2.39 bits per heavy atom. The third-order valence-corrected chi connectivity index (χ3v) is 5.98. The summed E-state index contributed by atoms with van der Waals surface area (Å²) in [6.45, 7) is -0.285. The number of carbonyl (C=O) groups is 1. The van der Waals surface area contributed by atoms with E-state index in [0.29, 0.717) is 32.9 Å². The first-order chi connectivity index (χ1) is 14.8. The summed E-state index contributed by atoms with van der Waals surface area (Å²) in [6.07, 6.45) is 0. The predicted molar refractivity (Wildman–Crippen MR) is 121 cm³/mol. The van der Waals surface area contributed by atoms with E-state index in [0.717, 1.165) is 0 Å². The summed E-state index contributed by atoms with van der Waals surface area (Å²) in [5, 5.41) is 3.37. The minimum Gasteiger partial charge on any atom is -0.497 e. The molecule has 162 valence electrons. The van der Waals surface area contributed by atoms with Crippen molar-refractivity contribution in [1.29, 1.82) is 0 Å². The normalized spacial score (nSPS) is 10.9. The van der Waals surface area contributed by atoms with E-state index in [4.69, 9.17) is 32.7 Å². The van der Waals surface area contributed by atoms with Gasteiger partial charge in [0.15, 0.2) is 6.61 Å². The van der Waals surface area contributed by atoms with Gasteiger partial charge in [0.2, 0.25) is 0 Å². The third-order valence-electron chi connectivity index (χ3n) is 4.03. The number of nitrogens with one attached hydrogen (secondary N) is 2. The SMILES string of the molecule is COc1cccc(NS(=O)(=O)c2ccc(OCC(=O)Nc3ccc(Cl)cc3Cl)cc2)c1. The van der Waals surface area contributed by atoms with Gasteiger partial charge in [0, 0.05) is 11.1 Å². The fourth-order valence-corrected chi connectivity index (χ4v) is 4.05. The molecule has 0 bridgehead atoms. The van der Waals surface area contributed by atoms with E-state index < -0.39 is 15.9 Å². The maximum Gasteiger partial charge on any atom is 0.262 e. The van der Waals surface area contributed by atoms with Crippen LogP contribution in [0.15, 0.2) is 71.6 Å². The van der Waals surface area contributed by atoms with Crippen molar-refractivity contribution < 1.29 is 22.7 Å². The summed E-state index contributed by atoms with van der Waals surface area (Å²) in [5.74, 6) is 0.431. The molecule has 2 N–H and O–H groups in total. The Balaban J connectivity index is 1.59. The number of anilines is 2. The van der Waals surface area contributed by atoms with Crippen LogP contribution < -0.4 is 19.5 Å². The molecular weight excluding hydrogens is 463 g/mol. The number of rotatable bonds is 8. The maximum absolute atomic E-state index is 12.6. The van der Waals surface area contributed by atoms with Gasteiger partial charge in [-0.15, -0.1) is 0 Å². The second-order valence-electron chi connectivity index (χ2n) is 6.27. The standard InChI is InChI=1S/C21H18Cl2N2O5S/c1-29-17-4-2-3-15(12-17)25-31(27,28)18-8-6-16(7-9-18)30-13-21(26)24-20-10-5-14(22)11-19(20)23/h2-12,25H,13H2,1H3,(H,24,26). The number of ether oxygens (including phenoxy) is 2. The molecule has 0 aliphatic carbocycles. The number of hydrogen-bond donors (Lipinski definition) is 2. The Kier molecular flexibility index (Phi) is 7.27. The molecule has 0 aromatic heterocycles. The zero-order chi connectivity index (χ0) is 22.4. The fraction of sp³-hybridized carbons (Fsp3) is 0.0952. The number of halogens is 2. The van der Waals surface area contributed by atoms with Crippen LogP contribution in [0.3, 0.4) is 0 Å². The van der Waals surface area contributed by atoms with E-state index in [1.165, 1.54) is 37.4 Å². The van der Waals surface area contributed by atoms with E-state index in [9.17, 15) is 13.2 Å². The number of hydrogen-bond acceptors (Lipinski definition) is 5. The maximum atomic E-state index is 12.6. The van der Waals surface area contributed by atoms with Gasteiger partial charge < -0.3 is 14.8 Å². The van der Waals surface area contributed by atoms with Gasteiger partial charge in [0.05, 0.1) is 28.4 Å². The summed E-state index contributed by atoms with van der Waals surface area (Å²) < 4.78 is 38.1. The van der Waals surface area contributed by atoms with Crippen molar-refractivity contribution in [1.82, 2.24) is 0 Å². The lowest BCUT2D eigenvalue weighted by Gasteiger charge is -2.11. The van der Waals surface area contributed by atoms with Crippen molar-refractivity contribution in [3.63, 3.8) is 0 Å². The Morgan fingerprint density at radius 1 is 0.968 bits per heavy atom. The molecule has 3 aromatic carbocycles. The molecule has 7 nitrogen and oxygen atoms in total. The molecule has 31 heavy (non-hydrogen) atoms. The molecule has 3 rings (SSSR count). The highest BCUT2D eigenvalue weighted by atomic mass is 35.5. The summed E-state index contributed by atoms with van der Waals surface area (Å²) in [4.78, 5) is 12.1. The van der Waals surface area contributed by atoms with E-state index >= 15 is 0 Å². The molecule has 0 radical (unpaired) electrons. The fourth-order valence-electron chi connectivity index (χ4n) is 2.54. The van der Waals surface area contributed by atoms with Crippen LogP contribution in [0.2, 0.25) is 10.0 Å². The van der Waals surface area contributed by atoms with Gasteiger partial charge in [-0.05, 0) is 54.6 Å². The second kappa shape index (κ2) is 9.91. The van der Waals surface area contributed by atoms with Crippen molar-refractivity contribution >= 4 is 50.5 Å². The molecule has 0 atom stereocenters. The first-order valence-corrected chi connectivity index (χ1v) is 11.2. The molecule has 0 heterocycles. The molecular formula is C21H18Cl2N2O5S. The van der Waals surface area contributed by atoms with Crippen molar-refractivity contribution in [2.45, 2.75) is 4.90 Å². The van der Waals surface area contributed by atoms with E-state index in [-0.39, 0.29) is 11.5 Å². The number of benzene rings is 3. The number of sulfonamides is 1. The Hall–Kier alpha value is -2.94. The molecule has 0 spiro atoms. The van der Waals surface area contributed by atoms with Gasteiger partial charge in [-0.2, -0.15) is 0 Å². The minimum atomic E-state index is -3.80. The summed E-state index contributed by atoms with van der Waals surface area (Å²) in [5.41, 5.74) is 0.780. The van der Waals surface area contributed by atoms with Crippen LogP contribution in [0.5, 0.6) is 11.5 Å². The van der Waals surface area contributed by atoms with E-state index in [1.807, 2.05) is 0 Å². The molecule has 0 saturated carbocycles. The van der Waals surface area contributed by atoms with Crippen LogP contribution in [0.4, 0.5) is 11.4 Å². The quantitative estimate of drug-likeness (QED) is 0.481. The second-order valence-corrected chi connectivity index (χ2v) is 8.80. The molecule has 0 saturated heterocycles. The lowest BCUT2D eigenvalue weighted by molar-refractivity contribution is -0.118. The van der Waals surface area contributed by atoms with Crippen molar-refractivity contribution in [3.8, 4) is 11.5 Å². The largest absolute Gasteiger partial charge is 0.497 e. The summed E-state index contributed by atoms with van der Waals surface area (Å²) in [6, 6.07) is 16.9.